The van der Waals surface area contributed by atoms with Crippen LogP contribution in [0.3, 0.4) is 0 Å². The molecule has 144 valence electrons. The molecule has 1 aromatic rings. The molecule has 0 radical (unpaired) electrons. The van der Waals surface area contributed by atoms with Gasteiger partial charge >= 0.3 is 0 Å². The highest BCUT2D eigenvalue weighted by Gasteiger charge is 2.24. The Morgan fingerprint density at radius 1 is 1.24 bits per heavy atom. The molecule has 1 aliphatic heterocycles. The molecule has 2 N–H and O–H groups in total. The molecular formula is C18H35IN6. The van der Waals surface area contributed by atoms with Gasteiger partial charge in [0.2, 0.25) is 0 Å². The molecule has 1 atom stereocenters. The Morgan fingerprint density at radius 3 is 2.60 bits per heavy atom. The van der Waals surface area contributed by atoms with Gasteiger partial charge in [-0.1, -0.05) is 13.8 Å². The van der Waals surface area contributed by atoms with Gasteiger partial charge in [-0.2, -0.15) is 5.10 Å². The highest BCUT2D eigenvalue weighted by atomic mass is 127. The normalized spacial score (nSPS) is 16.7. The molecule has 0 aliphatic carbocycles. The number of halogens is 1. The van der Waals surface area contributed by atoms with Gasteiger partial charge in [0.25, 0.3) is 0 Å². The van der Waals surface area contributed by atoms with Crippen LogP contribution in [0.4, 0.5) is 0 Å². The van der Waals surface area contributed by atoms with Crippen molar-refractivity contribution in [1.29, 1.82) is 0 Å². The second-order valence-corrected chi connectivity index (χ2v) is 6.82. The van der Waals surface area contributed by atoms with E-state index in [-0.39, 0.29) is 24.0 Å². The summed E-state index contributed by atoms with van der Waals surface area (Å²) in [7, 11) is 0. The molecule has 6 nitrogen and oxygen atoms in total. The van der Waals surface area contributed by atoms with E-state index in [2.05, 4.69) is 41.4 Å². The first kappa shape index (κ1) is 22.2. The third-order valence-corrected chi connectivity index (χ3v) is 4.58. The van der Waals surface area contributed by atoms with Gasteiger partial charge in [0, 0.05) is 38.1 Å². The minimum absolute atomic E-state index is 0. The van der Waals surface area contributed by atoms with Crippen molar-refractivity contribution in [2.45, 2.75) is 52.6 Å². The van der Waals surface area contributed by atoms with Crippen molar-refractivity contribution in [3.05, 3.63) is 18.5 Å². The molecule has 25 heavy (non-hydrogen) atoms. The molecule has 1 unspecified atom stereocenters. The van der Waals surface area contributed by atoms with Crippen LogP contribution in [0, 0.1) is 5.92 Å². The average molecular weight is 462 g/mol. The molecule has 0 saturated carbocycles. The molecule has 2 heterocycles. The van der Waals surface area contributed by atoms with Crippen LogP contribution < -0.4 is 10.6 Å². The molecule has 0 bridgehead atoms. The molecule has 0 amide bonds. The minimum atomic E-state index is 0. The number of nitrogens with one attached hydrogen (secondary N) is 2. The van der Waals surface area contributed by atoms with E-state index in [4.69, 9.17) is 4.99 Å². The van der Waals surface area contributed by atoms with E-state index in [1.807, 2.05) is 23.1 Å². The fraction of sp³-hybridized carbons (Fsp3) is 0.778. The summed E-state index contributed by atoms with van der Waals surface area (Å²) in [5.41, 5.74) is 0. The van der Waals surface area contributed by atoms with Crippen LogP contribution >= 0.6 is 24.0 Å². The number of likely N-dealkylation sites (tertiary alicyclic amines) is 1. The van der Waals surface area contributed by atoms with E-state index >= 15 is 0 Å². The Balaban J connectivity index is 0.00000312. The van der Waals surface area contributed by atoms with Crippen molar-refractivity contribution in [2.75, 3.05) is 32.7 Å². The number of aryl methyl sites for hydroxylation is 1. The first-order chi connectivity index (χ1) is 11.7. The SMILES string of the molecule is CCNC(=NCC(C(C)C)N1CCCC1)NCCCn1cccn1.I. The Kier molecular flexibility index (Phi) is 11.1. The van der Waals surface area contributed by atoms with E-state index in [1.54, 1.807) is 0 Å². The van der Waals surface area contributed by atoms with E-state index in [1.165, 1.54) is 25.9 Å². The number of aromatic nitrogens is 2. The molecule has 7 heteroatoms. The Hall–Kier alpha value is -0.830. The highest BCUT2D eigenvalue weighted by Crippen LogP contribution is 2.17. The molecule has 0 aromatic carbocycles. The zero-order valence-corrected chi connectivity index (χ0v) is 18.3. The molecular weight excluding hydrogens is 427 g/mol. The molecule has 1 aliphatic rings. The van der Waals surface area contributed by atoms with Gasteiger partial charge in [-0.3, -0.25) is 14.6 Å². The van der Waals surface area contributed by atoms with Gasteiger partial charge in [0.05, 0.1) is 6.54 Å². The van der Waals surface area contributed by atoms with E-state index in [9.17, 15) is 0 Å². The standard InChI is InChI=1S/C18H34N6.HI/c1-4-19-18(20-9-7-13-24-14-8-10-22-24)21-15-17(16(2)3)23-11-5-6-12-23;/h8,10,14,16-17H,4-7,9,11-13,15H2,1-3H3,(H2,19,20,21);1H. The summed E-state index contributed by atoms with van der Waals surface area (Å²) in [5, 5.41) is 11.0. The van der Waals surface area contributed by atoms with Crippen LogP contribution in [-0.2, 0) is 6.54 Å². The zero-order chi connectivity index (χ0) is 17.2. The molecule has 1 saturated heterocycles. The molecule has 1 aromatic heterocycles. The monoisotopic (exact) mass is 462 g/mol. The van der Waals surface area contributed by atoms with Crippen molar-refractivity contribution in [1.82, 2.24) is 25.3 Å². The van der Waals surface area contributed by atoms with Crippen LogP contribution in [0.2, 0.25) is 0 Å². The second kappa shape index (κ2) is 12.5. The van der Waals surface area contributed by atoms with E-state index < -0.39 is 0 Å². The predicted octanol–water partition coefficient (Wildman–Crippen LogP) is 2.57. The van der Waals surface area contributed by atoms with Gasteiger partial charge in [0.15, 0.2) is 5.96 Å². The summed E-state index contributed by atoms with van der Waals surface area (Å²) in [4.78, 5) is 7.45. The van der Waals surface area contributed by atoms with Gasteiger partial charge < -0.3 is 10.6 Å². The van der Waals surface area contributed by atoms with Crippen molar-refractivity contribution in [3.63, 3.8) is 0 Å². The Morgan fingerprint density at radius 2 is 2.00 bits per heavy atom. The maximum Gasteiger partial charge on any atom is 0.191 e. The lowest BCUT2D eigenvalue weighted by Crippen LogP contribution is -2.42. The van der Waals surface area contributed by atoms with Crippen LogP contribution in [0.15, 0.2) is 23.5 Å². The zero-order valence-electron chi connectivity index (χ0n) is 15.9. The Bertz CT molecular complexity index is 468. The largest absolute Gasteiger partial charge is 0.357 e. The van der Waals surface area contributed by atoms with Gasteiger partial charge in [0.1, 0.15) is 0 Å². The summed E-state index contributed by atoms with van der Waals surface area (Å²) >= 11 is 0. The minimum Gasteiger partial charge on any atom is -0.357 e. The van der Waals surface area contributed by atoms with Gasteiger partial charge in [-0.15, -0.1) is 24.0 Å². The van der Waals surface area contributed by atoms with E-state index in [0.717, 1.165) is 38.6 Å². The maximum atomic E-state index is 4.84. The van der Waals surface area contributed by atoms with Crippen LogP contribution in [0.25, 0.3) is 0 Å². The van der Waals surface area contributed by atoms with Gasteiger partial charge in [-0.25, -0.2) is 0 Å². The summed E-state index contributed by atoms with van der Waals surface area (Å²) in [6.45, 7) is 12.8. The fourth-order valence-electron chi connectivity index (χ4n) is 3.23. The maximum absolute atomic E-state index is 4.84. The number of aliphatic imine (C=N–C) groups is 1. The number of nitrogens with zero attached hydrogens (tertiary/aromatic N) is 4. The third-order valence-electron chi connectivity index (χ3n) is 4.58. The molecule has 0 spiro atoms. The van der Waals surface area contributed by atoms with Crippen molar-refractivity contribution in [3.8, 4) is 0 Å². The summed E-state index contributed by atoms with van der Waals surface area (Å²) in [6.07, 6.45) is 7.52. The average Bonchev–Trinajstić information content (AvgIpc) is 3.25. The van der Waals surface area contributed by atoms with Crippen molar-refractivity contribution >= 4 is 29.9 Å². The van der Waals surface area contributed by atoms with Crippen molar-refractivity contribution < 1.29 is 0 Å². The first-order valence-corrected chi connectivity index (χ1v) is 9.44. The lowest BCUT2D eigenvalue weighted by molar-refractivity contribution is 0.197. The summed E-state index contributed by atoms with van der Waals surface area (Å²) in [5.74, 6) is 1.57. The fourth-order valence-corrected chi connectivity index (χ4v) is 3.23. The van der Waals surface area contributed by atoms with Crippen molar-refractivity contribution in [2.24, 2.45) is 10.9 Å². The molecule has 1 fully saturated rings. The van der Waals surface area contributed by atoms with E-state index in [0.29, 0.717) is 12.0 Å². The summed E-state index contributed by atoms with van der Waals surface area (Å²) in [6, 6.07) is 2.51. The lowest BCUT2D eigenvalue weighted by atomic mass is 10.0. The Labute approximate surface area is 169 Å². The lowest BCUT2D eigenvalue weighted by Gasteiger charge is -2.29. The van der Waals surface area contributed by atoms with Gasteiger partial charge in [-0.05, 0) is 51.3 Å². The molecule has 2 rings (SSSR count). The number of guanidine groups is 1. The third kappa shape index (κ3) is 7.94. The van der Waals surface area contributed by atoms with Crippen LogP contribution in [-0.4, -0.2) is 59.4 Å². The predicted molar refractivity (Wildman–Crippen MR) is 116 cm³/mol. The summed E-state index contributed by atoms with van der Waals surface area (Å²) < 4.78 is 1.97. The quantitative estimate of drug-likeness (QED) is 0.256. The van der Waals surface area contributed by atoms with Crippen LogP contribution in [0.5, 0.6) is 0 Å². The first-order valence-electron chi connectivity index (χ1n) is 9.44. The smallest absolute Gasteiger partial charge is 0.191 e. The van der Waals surface area contributed by atoms with Crippen LogP contribution in [0.1, 0.15) is 40.0 Å². The number of hydrogen-bond donors (Lipinski definition) is 2. The topological polar surface area (TPSA) is 57.5 Å². The highest BCUT2D eigenvalue weighted by molar-refractivity contribution is 14.0. The second-order valence-electron chi connectivity index (χ2n) is 6.82. The number of hydrogen-bond acceptors (Lipinski definition) is 3. The number of rotatable bonds is 9.